The summed E-state index contributed by atoms with van der Waals surface area (Å²) in [6.45, 7) is 3.48. The Morgan fingerprint density at radius 2 is 2.16 bits per heavy atom. The van der Waals surface area contributed by atoms with Crippen molar-refractivity contribution in [1.82, 2.24) is 9.97 Å². The summed E-state index contributed by atoms with van der Waals surface area (Å²) in [5.74, 6) is 0.137. The fourth-order valence-electron chi connectivity index (χ4n) is 2.00. The van der Waals surface area contributed by atoms with E-state index in [4.69, 9.17) is 10.5 Å². The molecule has 0 saturated carbocycles. The Morgan fingerprint density at radius 1 is 1.47 bits per heavy atom. The van der Waals surface area contributed by atoms with E-state index in [2.05, 4.69) is 31.2 Å². The van der Waals surface area contributed by atoms with Crippen LogP contribution in [-0.2, 0) is 11.2 Å². The molecule has 0 aromatic carbocycles. The van der Waals surface area contributed by atoms with E-state index in [1.165, 1.54) is 0 Å². The second kappa shape index (κ2) is 6.29. The van der Waals surface area contributed by atoms with Gasteiger partial charge in [0.1, 0.15) is 10.4 Å². The topological polar surface area (TPSA) is 90.1 Å². The highest BCUT2D eigenvalue weighted by atomic mass is 79.9. The summed E-state index contributed by atoms with van der Waals surface area (Å²) in [7, 11) is 0. The second-order valence-electron chi connectivity index (χ2n) is 4.41. The fourth-order valence-corrected chi connectivity index (χ4v) is 2.47. The van der Waals surface area contributed by atoms with Crippen LogP contribution in [-0.4, -0.2) is 35.1 Å². The molecule has 1 saturated heterocycles. The van der Waals surface area contributed by atoms with Gasteiger partial charge in [-0.2, -0.15) is 0 Å². The number of hydrogen-bond acceptors (Lipinski definition) is 5. The normalized spacial score (nSPS) is 16.3. The maximum Gasteiger partial charge on any atom is 0.270 e. The van der Waals surface area contributed by atoms with Crippen molar-refractivity contribution in [3.05, 3.63) is 16.0 Å². The van der Waals surface area contributed by atoms with Crippen molar-refractivity contribution in [3.8, 4) is 0 Å². The Labute approximate surface area is 120 Å². The Hall–Kier alpha value is -1.21. The number of ether oxygens (including phenoxy) is 1. The minimum absolute atomic E-state index is 0.175. The van der Waals surface area contributed by atoms with Crippen LogP contribution in [0.4, 0.5) is 5.82 Å². The van der Waals surface area contributed by atoms with Crippen LogP contribution in [0.2, 0.25) is 0 Å². The lowest BCUT2D eigenvalue weighted by Crippen LogP contribution is -2.29. The molecule has 3 N–H and O–H groups in total. The number of primary amides is 1. The first-order valence-electron chi connectivity index (χ1n) is 6.32. The van der Waals surface area contributed by atoms with Crippen LogP contribution < -0.4 is 11.1 Å². The van der Waals surface area contributed by atoms with E-state index >= 15 is 0 Å². The lowest BCUT2D eigenvalue weighted by atomic mass is 10.1. The number of carbonyl (C=O) groups excluding carboxylic acids is 1. The number of aromatic nitrogens is 2. The monoisotopic (exact) mass is 328 g/mol. The van der Waals surface area contributed by atoms with E-state index in [1.807, 2.05) is 6.92 Å². The smallest absolute Gasteiger partial charge is 0.270 e. The van der Waals surface area contributed by atoms with Gasteiger partial charge in [0.25, 0.3) is 5.91 Å². The molecule has 0 unspecified atom stereocenters. The molecule has 2 heterocycles. The SMILES string of the molecule is CCc1nc(C(N)=O)c(Br)nc1NC1CCOCC1. The standard InChI is InChI=1S/C12H17BrN4O2/c1-2-8-12(15-7-3-5-19-6-4-7)17-10(13)9(16-8)11(14)18/h7H,2-6H2,1H3,(H2,14,18)(H,15,17). The van der Waals surface area contributed by atoms with Gasteiger partial charge in [0.2, 0.25) is 0 Å². The number of nitrogens with two attached hydrogens (primary N) is 1. The van der Waals surface area contributed by atoms with Crippen LogP contribution in [0, 0.1) is 0 Å². The molecule has 0 spiro atoms. The van der Waals surface area contributed by atoms with Crippen LogP contribution in [0.25, 0.3) is 0 Å². The third kappa shape index (κ3) is 3.42. The number of amides is 1. The number of aryl methyl sites for hydroxylation is 1. The van der Waals surface area contributed by atoms with Crippen molar-refractivity contribution in [2.45, 2.75) is 32.2 Å². The van der Waals surface area contributed by atoms with Gasteiger partial charge < -0.3 is 15.8 Å². The highest BCUT2D eigenvalue weighted by Crippen LogP contribution is 2.21. The first kappa shape index (κ1) is 14.2. The molecule has 104 valence electrons. The maximum atomic E-state index is 11.2. The highest BCUT2D eigenvalue weighted by molar-refractivity contribution is 9.10. The number of nitrogens with zero attached hydrogens (tertiary/aromatic N) is 2. The molecule has 0 atom stereocenters. The largest absolute Gasteiger partial charge is 0.381 e. The minimum Gasteiger partial charge on any atom is -0.381 e. The van der Waals surface area contributed by atoms with Crippen molar-refractivity contribution in [1.29, 1.82) is 0 Å². The van der Waals surface area contributed by atoms with Gasteiger partial charge in [0.05, 0.1) is 5.69 Å². The Bertz CT molecular complexity index is 475. The van der Waals surface area contributed by atoms with Crippen molar-refractivity contribution in [3.63, 3.8) is 0 Å². The number of hydrogen-bond donors (Lipinski definition) is 2. The summed E-state index contributed by atoms with van der Waals surface area (Å²) in [5.41, 5.74) is 6.19. The molecule has 1 fully saturated rings. The molecule has 0 radical (unpaired) electrons. The quantitative estimate of drug-likeness (QED) is 0.873. The number of rotatable bonds is 4. The molecule has 0 bridgehead atoms. The molecule has 7 heteroatoms. The Morgan fingerprint density at radius 3 is 2.74 bits per heavy atom. The minimum atomic E-state index is -0.577. The molecule has 1 aromatic heterocycles. The molecular weight excluding hydrogens is 312 g/mol. The van der Waals surface area contributed by atoms with E-state index in [9.17, 15) is 4.79 Å². The molecule has 6 nitrogen and oxygen atoms in total. The van der Waals surface area contributed by atoms with Crippen molar-refractivity contribution in [2.24, 2.45) is 5.73 Å². The van der Waals surface area contributed by atoms with E-state index in [0.717, 1.165) is 31.7 Å². The first-order chi connectivity index (χ1) is 9.11. The van der Waals surface area contributed by atoms with E-state index < -0.39 is 5.91 Å². The summed E-state index contributed by atoms with van der Waals surface area (Å²) in [6, 6.07) is 0.333. The van der Waals surface area contributed by atoms with Gasteiger partial charge in [-0.1, -0.05) is 6.92 Å². The van der Waals surface area contributed by atoms with Gasteiger partial charge in [-0.3, -0.25) is 4.79 Å². The zero-order valence-corrected chi connectivity index (χ0v) is 12.4. The molecule has 1 aliphatic heterocycles. The fraction of sp³-hybridized carbons (Fsp3) is 0.583. The lowest BCUT2D eigenvalue weighted by molar-refractivity contribution is 0.0903. The first-order valence-corrected chi connectivity index (χ1v) is 7.11. The van der Waals surface area contributed by atoms with E-state index in [-0.39, 0.29) is 5.69 Å². The Kier molecular flexibility index (Phi) is 4.71. The van der Waals surface area contributed by atoms with Crippen LogP contribution in [0.3, 0.4) is 0 Å². The Balaban J connectivity index is 2.23. The molecule has 2 rings (SSSR count). The summed E-state index contributed by atoms with van der Waals surface area (Å²) < 4.78 is 5.70. The third-order valence-electron chi connectivity index (χ3n) is 3.06. The number of halogens is 1. The zero-order valence-electron chi connectivity index (χ0n) is 10.8. The van der Waals surface area contributed by atoms with Crippen LogP contribution >= 0.6 is 15.9 Å². The maximum absolute atomic E-state index is 11.2. The number of nitrogens with one attached hydrogen (secondary N) is 1. The number of anilines is 1. The van der Waals surface area contributed by atoms with Crippen molar-refractivity contribution >= 4 is 27.7 Å². The zero-order chi connectivity index (χ0) is 13.8. The molecule has 1 aromatic rings. The van der Waals surface area contributed by atoms with Gasteiger partial charge in [-0.15, -0.1) is 0 Å². The number of carbonyl (C=O) groups is 1. The molecular formula is C12H17BrN4O2. The van der Waals surface area contributed by atoms with Crippen LogP contribution in [0.15, 0.2) is 4.60 Å². The third-order valence-corrected chi connectivity index (χ3v) is 3.61. The summed E-state index contributed by atoms with van der Waals surface area (Å²) in [6.07, 6.45) is 2.58. The molecule has 1 aliphatic rings. The van der Waals surface area contributed by atoms with Gasteiger partial charge in [0.15, 0.2) is 5.69 Å². The second-order valence-corrected chi connectivity index (χ2v) is 5.16. The summed E-state index contributed by atoms with van der Waals surface area (Å²) >= 11 is 3.24. The van der Waals surface area contributed by atoms with Crippen LogP contribution in [0.5, 0.6) is 0 Å². The van der Waals surface area contributed by atoms with E-state index in [0.29, 0.717) is 22.9 Å². The van der Waals surface area contributed by atoms with Gasteiger partial charge in [0, 0.05) is 19.3 Å². The van der Waals surface area contributed by atoms with Gasteiger partial charge in [-0.05, 0) is 35.2 Å². The summed E-state index contributed by atoms with van der Waals surface area (Å²) in [5, 5.41) is 3.37. The van der Waals surface area contributed by atoms with Gasteiger partial charge in [-0.25, -0.2) is 9.97 Å². The average Bonchev–Trinajstić information content (AvgIpc) is 2.39. The summed E-state index contributed by atoms with van der Waals surface area (Å²) in [4.78, 5) is 19.9. The van der Waals surface area contributed by atoms with Crippen molar-refractivity contribution in [2.75, 3.05) is 18.5 Å². The van der Waals surface area contributed by atoms with Gasteiger partial charge >= 0.3 is 0 Å². The average molecular weight is 329 g/mol. The van der Waals surface area contributed by atoms with E-state index in [1.54, 1.807) is 0 Å². The predicted molar refractivity (Wildman–Crippen MR) is 75.1 cm³/mol. The van der Waals surface area contributed by atoms with Crippen molar-refractivity contribution < 1.29 is 9.53 Å². The molecule has 0 aliphatic carbocycles. The van der Waals surface area contributed by atoms with Crippen LogP contribution in [0.1, 0.15) is 35.9 Å². The molecule has 19 heavy (non-hydrogen) atoms. The molecule has 1 amide bonds. The highest BCUT2D eigenvalue weighted by Gasteiger charge is 2.19. The lowest BCUT2D eigenvalue weighted by Gasteiger charge is -2.24. The predicted octanol–water partition coefficient (Wildman–Crippen LogP) is 1.49.